The fourth-order valence-electron chi connectivity index (χ4n) is 3.75. The summed E-state index contributed by atoms with van der Waals surface area (Å²) in [5, 5.41) is 7.01. The standard InChI is InChI=1S/C23H24ClN5O/c1-15-13-29(14-16(2)27-15)22-9-6-17(12-26-22)23(30)28-18-7-8-20(24)19(11-18)21-5-3-4-10-25-21/h3-12,15-16,27H,13-14H2,1-2H3,(H,28,30). The summed E-state index contributed by atoms with van der Waals surface area (Å²) in [6.45, 7) is 6.11. The zero-order valence-corrected chi connectivity index (χ0v) is 17.7. The molecule has 1 saturated heterocycles. The van der Waals surface area contributed by atoms with Gasteiger partial charge >= 0.3 is 0 Å². The lowest BCUT2D eigenvalue weighted by Gasteiger charge is -2.36. The van der Waals surface area contributed by atoms with Gasteiger partial charge in [0.05, 0.1) is 16.3 Å². The number of carbonyl (C=O) groups excluding carboxylic acids is 1. The molecule has 0 bridgehead atoms. The van der Waals surface area contributed by atoms with Gasteiger partial charge in [-0.25, -0.2) is 4.98 Å². The number of halogens is 1. The number of hydrogen-bond acceptors (Lipinski definition) is 5. The number of pyridine rings is 2. The van der Waals surface area contributed by atoms with Gasteiger partial charge in [-0.2, -0.15) is 0 Å². The molecule has 4 rings (SSSR count). The first-order valence-electron chi connectivity index (χ1n) is 9.99. The largest absolute Gasteiger partial charge is 0.354 e. The lowest BCUT2D eigenvalue weighted by atomic mass is 10.1. The number of rotatable bonds is 4. The first-order chi connectivity index (χ1) is 14.5. The molecule has 1 aliphatic rings. The van der Waals surface area contributed by atoms with Crippen LogP contribution in [-0.4, -0.2) is 41.0 Å². The van der Waals surface area contributed by atoms with E-state index in [9.17, 15) is 4.79 Å². The molecule has 1 amide bonds. The molecule has 6 nitrogen and oxygen atoms in total. The summed E-state index contributed by atoms with van der Waals surface area (Å²) in [7, 11) is 0. The number of piperazine rings is 1. The summed E-state index contributed by atoms with van der Waals surface area (Å²) in [5.41, 5.74) is 2.68. The SMILES string of the molecule is CC1CN(c2ccc(C(=O)Nc3ccc(Cl)c(-c4ccccn4)c3)cn2)CC(C)N1. The van der Waals surface area contributed by atoms with Crippen LogP contribution in [0.2, 0.25) is 5.02 Å². The van der Waals surface area contributed by atoms with Gasteiger partial charge in [-0.05, 0) is 56.3 Å². The molecule has 154 valence electrons. The Morgan fingerprint density at radius 2 is 1.90 bits per heavy atom. The number of nitrogens with one attached hydrogen (secondary N) is 2. The first-order valence-corrected chi connectivity index (χ1v) is 10.4. The lowest BCUT2D eigenvalue weighted by molar-refractivity contribution is 0.102. The number of aromatic nitrogens is 2. The average Bonchev–Trinajstić information content (AvgIpc) is 2.75. The molecule has 1 aromatic carbocycles. The van der Waals surface area contributed by atoms with Crippen molar-refractivity contribution in [2.75, 3.05) is 23.3 Å². The van der Waals surface area contributed by atoms with Gasteiger partial charge in [-0.15, -0.1) is 0 Å². The summed E-state index contributed by atoms with van der Waals surface area (Å²) in [6.07, 6.45) is 3.33. The van der Waals surface area contributed by atoms with Gasteiger partial charge in [0.15, 0.2) is 0 Å². The van der Waals surface area contributed by atoms with Crippen LogP contribution in [0.1, 0.15) is 24.2 Å². The van der Waals surface area contributed by atoms with E-state index in [1.807, 2.05) is 36.4 Å². The van der Waals surface area contributed by atoms with Crippen LogP contribution >= 0.6 is 11.6 Å². The predicted octanol–water partition coefficient (Wildman–Crippen LogP) is 4.24. The van der Waals surface area contributed by atoms with Crippen molar-refractivity contribution in [1.29, 1.82) is 0 Å². The number of amides is 1. The second kappa shape index (κ2) is 8.81. The van der Waals surface area contributed by atoms with Crippen molar-refractivity contribution in [3.8, 4) is 11.3 Å². The maximum atomic E-state index is 12.7. The van der Waals surface area contributed by atoms with E-state index in [-0.39, 0.29) is 5.91 Å². The summed E-state index contributed by atoms with van der Waals surface area (Å²) in [6, 6.07) is 15.5. The van der Waals surface area contributed by atoms with Crippen molar-refractivity contribution in [3.05, 3.63) is 71.5 Å². The van der Waals surface area contributed by atoms with Crippen molar-refractivity contribution < 1.29 is 4.79 Å². The lowest BCUT2D eigenvalue weighted by Crippen LogP contribution is -2.54. The Bertz CT molecular complexity index is 1020. The van der Waals surface area contributed by atoms with Gasteiger partial charge in [0.1, 0.15) is 5.82 Å². The molecule has 2 atom stereocenters. The van der Waals surface area contributed by atoms with E-state index < -0.39 is 0 Å². The summed E-state index contributed by atoms with van der Waals surface area (Å²) in [4.78, 5) is 23.8. The molecule has 3 heterocycles. The topological polar surface area (TPSA) is 70.2 Å². The second-order valence-corrected chi connectivity index (χ2v) is 8.05. The van der Waals surface area contributed by atoms with Gasteiger partial charge < -0.3 is 15.5 Å². The van der Waals surface area contributed by atoms with Gasteiger partial charge in [0.25, 0.3) is 5.91 Å². The molecule has 3 aromatic rings. The minimum absolute atomic E-state index is 0.217. The predicted molar refractivity (Wildman–Crippen MR) is 121 cm³/mol. The zero-order chi connectivity index (χ0) is 21.1. The molecule has 2 aromatic heterocycles. The van der Waals surface area contributed by atoms with Crippen molar-refractivity contribution >= 4 is 29.0 Å². The fourth-order valence-corrected chi connectivity index (χ4v) is 3.96. The van der Waals surface area contributed by atoms with E-state index in [1.54, 1.807) is 24.5 Å². The number of anilines is 2. The van der Waals surface area contributed by atoms with Crippen LogP contribution < -0.4 is 15.5 Å². The van der Waals surface area contributed by atoms with E-state index in [0.717, 1.165) is 30.2 Å². The van der Waals surface area contributed by atoms with E-state index in [2.05, 4.69) is 39.3 Å². The molecule has 0 radical (unpaired) electrons. The van der Waals surface area contributed by atoms with Gasteiger partial charge in [-0.1, -0.05) is 17.7 Å². The smallest absolute Gasteiger partial charge is 0.257 e. The Labute approximate surface area is 181 Å². The third-order valence-corrected chi connectivity index (χ3v) is 5.39. The third-order valence-electron chi connectivity index (χ3n) is 5.06. The number of carbonyl (C=O) groups is 1. The minimum atomic E-state index is -0.217. The molecular formula is C23H24ClN5O. The maximum absolute atomic E-state index is 12.7. The molecule has 30 heavy (non-hydrogen) atoms. The van der Waals surface area contributed by atoms with Crippen LogP contribution in [0, 0.1) is 0 Å². The van der Waals surface area contributed by atoms with E-state index in [1.165, 1.54) is 0 Å². The number of hydrogen-bond donors (Lipinski definition) is 2. The monoisotopic (exact) mass is 421 g/mol. The fraction of sp³-hybridized carbons (Fsp3) is 0.261. The minimum Gasteiger partial charge on any atom is -0.354 e. The zero-order valence-electron chi connectivity index (χ0n) is 17.0. The summed E-state index contributed by atoms with van der Waals surface area (Å²) >= 11 is 6.32. The summed E-state index contributed by atoms with van der Waals surface area (Å²) in [5.74, 6) is 0.668. The highest BCUT2D eigenvalue weighted by atomic mass is 35.5. The molecular weight excluding hydrogens is 398 g/mol. The molecule has 2 unspecified atom stereocenters. The molecule has 0 spiro atoms. The van der Waals surface area contributed by atoms with Crippen LogP contribution in [0.15, 0.2) is 60.9 Å². The molecule has 7 heteroatoms. The molecule has 2 N–H and O–H groups in total. The van der Waals surface area contributed by atoms with Crippen molar-refractivity contribution in [1.82, 2.24) is 15.3 Å². The van der Waals surface area contributed by atoms with Crippen LogP contribution in [0.3, 0.4) is 0 Å². The normalized spacial score (nSPS) is 18.8. The van der Waals surface area contributed by atoms with Crippen molar-refractivity contribution in [2.24, 2.45) is 0 Å². The Morgan fingerprint density at radius 1 is 1.10 bits per heavy atom. The first kappa shape index (κ1) is 20.3. The van der Waals surface area contributed by atoms with Gasteiger partial charge in [-0.3, -0.25) is 9.78 Å². The molecule has 0 saturated carbocycles. The Morgan fingerprint density at radius 3 is 2.57 bits per heavy atom. The van der Waals surface area contributed by atoms with E-state index in [4.69, 9.17) is 11.6 Å². The van der Waals surface area contributed by atoms with Crippen LogP contribution in [0.25, 0.3) is 11.3 Å². The quantitative estimate of drug-likeness (QED) is 0.659. The highest BCUT2D eigenvalue weighted by molar-refractivity contribution is 6.33. The Kier molecular flexibility index (Phi) is 5.97. The average molecular weight is 422 g/mol. The molecule has 1 aliphatic heterocycles. The Balaban J connectivity index is 1.48. The highest BCUT2D eigenvalue weighted by Crippen LogP contribution is 2.29. The second-order valence-electron chi connectivity index (χ2n) is 7.64. The maximum Gasteiger partial charge on any atom is 0.257 e. The van der Waals surface area contributed by atoms with Crippen molar-refractivity contribution in [2.45, 2.75) is 25.9 Å². The molecule has 0 aliphatic carbocycles. The summed E-state index contributed by atoms with van der Waals surface area (Å²) < 4.78 is 0. The van der Waals surface area contributed by atoms with Crippen LogP contribution in [0.4, 0.5) is 11.5 Å². The van der Waals surface area contributed by atoms with E-state index >= 15 is 0 Å². The van der Waals surface area contributed by atoms with Crippen molar-refractivity contribution in [3.63, 3.8) is 0 Å². The van der Waals surface area contributed by atoms with Crippen LogP contribution in [-0.2, 0) is 0 Å². The van der Waals surface area contributed by atoms with Gasteiger partial charge in [0.2, 0.25) is 0 Å². The molecule has 1 fully saturated rings. The van der Waals surface area contributed by atoms with E-state index in [0.29, 0.717) is 28.4 Å². The highest BCUT2D eigenvalue weighted by Gasteiger charge is 2.22. The number of nitrogens with zero attached hydrogens (tertiary/aromatic N) is 3. The van der Waals surface area contributed by atoms with Crippen LogP contribution in [0.5, 0.6) is 0 Å². The van der Waals surface area contributed by atoms with Gasteiger partial charge in [0, 0.05) is 48.8 Å². The Hall–Kier alpha value is -2.96. The third kappa shape index (κ3) is 4.61. The number of benzene rings is 1.